The lowest BCUT2D eigenvalue weighted by Crippen LogP contribution is -2.39. The Labute approximate surface area is 153 Å². The summed E-state index contributed by atoms with van der Waals surface area (Å²) >= 11 is 0. The standard InChI is InChI=1S/C20H33NO3S/c1-9-19(22)15(8)21-25(23,24)20-17(13(4)5)10-16(12(2)3)11-18(20)14(6)7/h10-15,21H,9H2,1-8H3. The third-order valence-corrected chi connectivity index (χ3v) is 6.18. The van der Waals surface area contributed by atoms with Crippen LogP contribution in [-0.2, 0) is 14.8 Å². The molecule has 0 bridgehead atoms. The van der Waals surface area contributed by atoms with E-state index in [0.29, 0.717) is 17.2 Å². The van der Waals surface area contributed by atoms with Crippen molar-refractivity contribution >= 4 is 15.8 Å². The Morgan fingerprint density at radius 3 is 1.68 bits per heavy atom. The van der Waals surface area contributed by atoms with Crippen LogP contribution in [0.4, 0.5) is 0 Å². The topological polar surface area (TPSA) is 63.2 Å². The van der Waals surface area contributed by atoms with E-state index < -0.39 is 16.1 Å². The fourth-order valence-corrected chi connectivity index (χ4v) is 4.79. The van der Waals surface area contributed by atoms with Crippen LogP contribution in [0.25, 0.3) is 0 Å². The Morgan fingerprint density at radius 2 is 1.36 bits per heavy atom. The van der Waals surface area contributed by atoms with Crippen LogP contribution in [-0.4, -0.2) is 20.2 Å². The van der Waals surface area contributed by atoms with Crippen LogP contribution in [0.1, 0.15) is 96.3 Å². The van der Waals surface area contributed by atoms with Crippen LogP contribution < -0.4 is 4.72 Å². The summed E-state index contributed by atoms with van der Waals surface area (Å²) in [5, 5.41) is 0. The summed E-state index contributed by atoms with van der Waals surface area (Å²) in [4.78, 5) is 12.2. The van der Waals surface area contributed by atoms with Crippen molar-refractivity contribution in [1.29, 1.82) is 0 Å². The second-order valence-corrected chi connectivity index (χ2v) is 9.31. The molecule has 0 aliphatic carbocycles. The van der Waals surface area contributed by atoms with Crippen molar-refractivity contribution in [3.8, 4) is 0 Å². The minimum Gasteiger partial charge on any atom is -0.298 e. The molecule has 142 valence electrons. The summed E-state index contributed by atoms with van der Waals surface area (Å²) < 4.78 is 28.8. The average molecular weight is 368 g/mol. The Morgan fingerprint density at radius 1 is 0.920 bits per heavy atom. The number of sulfonamides is 1. The van der Waals surface area contributed by atoms with E-state index in [1.807, 2.05) is 39.8 Å². The number of carbonyl (C=O) groups excluding carboxylic acids is 1. The molecule has 0 saturated carbocycles. The van der Waals surface area contributed by atoms with Gasteiger partial charge in [-0.1, -0.05) is 60.6 Å². The van der Waals surface area contributed by atoms with Crippen LogP contribution in [0.5, 0.6) is 0 Å². The number of hydrogen-bond acceptors (Lipinski definition) is 3. The fourth-order valence-electron chi connectivity index (χ4n) is 2.86. The zero-order valence-electron chi connectivity index (χ0n) is 16.8. The summed E-state index contributed by atoms with van der Waals surface area (Å²) in [6, 6.07) is 3.28. The number of carbonyl (C=O) groups is 1. The summed E-state index contributed by atoms with van der Waals surface area (Å²) in [5.41, 5.74) is 2.78. The van der Waals surface area contributed by atoms with Crippen LogP contribution in [0.2, 0.25) is 0 Å². The maximum absolute atomic E-state index is 13.1. The largest absolute Gasteiger partial charge is 0.298 e. The van der Waals surface area contributed by atoms with Crippen molar-refractivity contribution in [2.24, 2.45) is 0 Å². The molecule has 0 aliphatic rings. The summed E-state index contributed by atoms with van der Waals surface area (Å²) in [7, 11) is -3.78. The van der Waals surface area contributed by atoms with Gasteiger partial charge in [0.05, 0.1) is 10.9 Å². The third-order valence-electron chi connectivity index (χ3n) is 4.51. The molecule has 1 rings (SSSR count). The molecule has 0 aliphatic heterocycles. The van der Waals surface area contributed by atoms with Gasteiger partial charge < -0.3 is 0 Å². The van der Waals surface area contributed by atoms with Crippen LogP contribution in [0, 0.1) is 0 Å². The molecule has 25 heavy (non-hydrogen) atoms. The molecule has 1 aromatic carbocycles. The van der Waals surface area contributed by atoms with E-state index in [1.165, 1.54) is 0 Å². The molecule has 0 heterocycles. The third kappa shape index (κ3) is 5.14. The smallest absolute Gasteiger partial charge is 0.241 e. The van der Waals surface area contributed by atoms with Crippen LogP contribution in [0.3, 0.4) is 0 Å². The molecule has 1 aromatic rings. The first-order chi connectivity index (χ1) is 11.4. The first kappa shape index (κ1) is 21.8. The first-order valence-electron chi connectivity index (χ1n) is 9.15. The van der Waals surface area contributed by atoms with Gasteiger partial charge in [-0.05, 0) is 41.4 Å². The lowest BCUT2D eigenvalue weighted by molar-refractivity contribution is -0.119. The zero-order chi connectivity index (χ0) is 19.5. The number of nitrogens with one attached hydrogen (secondary N) is 1. The zero-order valence-corrected chi connectivity index (χ0v) is 17.6. The van der Waals surface area contributed by atoms with Gasteiger partial charge in [-0.3, -0.25) is 4.79 Å². The van der Waals surface area contributed by atoms with Crippen LogP contribution >= 0.6 is 0 Å². The molecule has 0 fully saturated rings. The van der Waals surface area contributed by atoms with Gasteiger partial charge in [0.1, 0.15) is 5.78 Å². The Hall–Kier alpha value is -1.20. The molecule has 1 atom stereocenters. The average Bonchev–Trinajstić information content (AvgIpc) is 2.51. The van der Waals surface area contributed by atoms with E-state index in [-0.39, 0.29) is 17.6 Å². The number of ketones is 1. The SMILES string of the molecule is CCC(=O)C(C)NS(=O)(=O)c1c(C(C)C)cc(C(C)C)cc1C(C)C. The fraction of sp³-hybridized carbons (Fsp3) is 0.650. The summed E-state index contributed by atoms with van der Waals surface area (Å²) in [6.07, 6.45) is 0.310. The first-order valence-corrected chi connectivity index (χ1v) is 10.6. The molecule has 5 heteroatoms. The van der Waals surface area contributed by atoms with E-state index in [4.69, 9.17) is 0 Å². The second-order valence-electron chi connectivity index (χ2n) is 7.66. The number of rotatable bonds is 8. The molecular formula is C20H33NO3S. The summed E-state index contributed by atoms with van der Waals surface area (Å²) in [5.74, 6) is 0.347. The van der Waals surface area contributed by atoms with Gasteiger partial charge in [0.2, 0.25) is 10.0 Å². The highest BCUT2D eigenvalue weighted by Gasteiger charge is 2.29. The maximum atomic E-state index is 13.1. The van der Waals surface area contributed by atoms with Crippen molar-refractivity contribution in [2.75, 3.05) is 0 Å². The van der Waals surface area contributed by atoms with Crippen molar-refractivity contribution in [3.05, 3.63) is 28.8 Å². The van der Waals surface area contributed by atoms with Gasteiger partial charge in [0.25, 0.3) is 0 Å². The summed E-state index contributed by atoms with van der Waals surface area (Å²) in [6.45, 7) is 15.6. The van der Waals surface area contributed by atoms with E-state index in [0.717, 1.165) is 16.7 Å². The Bertz CT molecular complexity index is 689. The maximum Gasteiger partial charge on any atom is 0.241 e. The molecule has 0 aromatic heterocycles. The van der Waals surface area contributed by atoms with Gasteiger partial charge >= 0.3 is 0 Å². The minimum atomic E-state index is -3.78. The van der Waals surface area contributed by atoms with Crippen molar-refractivity contribution < 1.29 is 13.2 Å². The number of hydrogen-bond donors (Lipinski definition) is 1. The van der Waals surface area contributed by atoms with Crippen LogP contribution in [0.15, 0.2) is 17.0 Å². The van der Waals surface area contributed by atoms with Gasteiger partial charge in [0, 0.05) is 6.42 Å². The highest BCUT2D eigenvalue weighted by atomic mass is 32.2. The normalized spacial score (nSPS) is 13.7. The molecule has 0 radical (unpaired) electrons. The van der Waals surface area contributed by atoms with Gasteiger partial charge in [-0.2, -0.15) is 0 Å². The second kappa shape index (κ2) is 8.45. The molecule has 4 nitrogen and oxygen atoms in total. The molecule has 1 unspecified atom stereocenters. The molecular weight excluding hydrogens is 334 g/mol. The van der Waals surface area contributed by atoms with E-state index >= 15 is 0 Å². The van der Waals surface area contributed by atoms with Crippen molar-refractivity contribution in [1.82, 2.24) is 4.72 Å². The number of benzene rings is 1. The predicted octanol–water partition coefficient (Wildman–Crippen LogP) is 4.70. The Kier molecular flexibility index (Phi) is 7.39. The monoisotopic (exact) mass is 367 g/mol. The lowest BCUT2D eigenvalue weighted by atomic mass is 9.89. The van der Waals surface area contributed by atoms with Gasteiger partial charge in [0.15, 0.2) is 0 Å². The van der Waals surface area contributed by atoms with Crippen molar-refractivity contribution in [2.45, 2.75) is 90.5 Å². The molecule has 0 amide bonds. The van der Waals surface area contributed by atoms with E-state index in [2.05, 4.69) is 18.6 Å². The highest BCUT2D eigenvalue weighted by Crippen LogP contribution is 2.35. The predicted molar refractivity (Wildman–Crippen MR) is 104 cm³/mol. The van der Waals surface area contributed by atoms with E-state index in [1.54, 1.807) is 13.8 Å². The molecule has 0 saturated heterocycles. The van der Waals surface area contributed by atoms with Gasteiger partial charge in [-0.15, -0.1) is 0 Å². The highest BCUT2D eigenvalue weighted by molar-refractivity contribution is 7.89. The minimum absolute atomic E-state index is 0.0694. The molecule has 1 N–H and O–H groups in total. The Balaban J connectivity index is 3.63. The molecule has 0 spiro atoms. The lowest BCUT2D eigenvalue weighted by Gasteiger charge is -2.24. The van der Waals surface area contributed by atoms with Crippen molar-refractivity contribution in [3.63, 3.8) is 0 Å². The van der Waals surface area contributed by atoms with Gasteiger partial charge in [-0.25, -0.2) is 13.1 Å². The number of Topliss-reactive ketones (excluding diaryl/α,β-unsaturated/α-hetero) is 1. The van der Waals surface area contributed by atoms with E-state index in [9.17, 15) is 13.2 Å². The quantitative estimate of drug-likeness (QED) is 0.724.